The van der Waals surface area contributed by atoms with Gasteiger partial charge in [-0.1, -0.05) is 72.3 Å². The van der Waals surface area contributed by atoms with Crippen LogP contribution in [0.4, 0.5) is 0 Å². The minimum Gasteiger partial charge on any atom is -0.490 e. The van der Waals surface area contributed by atoms with Gasteiger partial charge in [-0.25, -0.2) is 9.79 Å². The molecule has 1 aliphatic heterocycles. The number of aromatic nitrogens is 1. The molecule has 0 aliphatic carbocycles. The van der Waals surface area contributed by atoms with Crippen LogP contribution in [0, 0.1) is 11.3 Å². The molecule has 1 aliphatic rings. The van der Waals surface area contributed by atoms with Gasteiger partial charge < -0.3 is 14.2 Å². The van der Waals surface area contributed by atoms with Gasteiger partial charge >= 0.3 is 5.97 Å². The molecule has 0 bridgehead atoms. The minimum absolute atomic E-state index is 0.227. The zero-order valence-corrected chi connectivity index (χ0v) is 25.4. The van der Waals surface area contributed by atoms with Gasteiger partial charge in [0.05, 0.1) is 52.2 Å². The molecule has 0 spiro atoms. The van der Waals surface area contributed by atoms with Crippen molar-refractivity contribution in [3.63, 3.8) is 0 Å². The van der Waals surface area contributed by atoms with Crippen molar-refractivity contribution in [3.8, 4) is 17.6 Å². The number of esters is 1. The lowest BCUT2D eigenvalue weighted by atomic mass is 9.95. The number of hydrogen-bond acceptors (Lipinski definition) is 8. The van der Waals surface area contributed by atoms with Gasteiger partial charge in [0.25, 0.3) is 5.56 Å². The average Bonchev–Trinajstić information content (AvgIpc) is 3.34. The molecule has 0 N–H and O–H groups in total. The average molecular weight is 614 g/mol. The van der Waals surface area contributed by atoms with Crippen molar-refractivity contribution in [2.75, 3.05) is 13.7 Å². The Morgan fingerprint density at radius 3 is 2.51 bits per heavy atom. The summed E-state index contributed by atoms with van der Waals surface area (Å²) >= 11 is 7.92. The molecule has 10 heteroatoms. The third-order valence-corrected chi connectivity index (χ3v) is 8.12. The van der Waals surface area contributed by atoms with Crippen molar-refractivity contribution < 1.29 is 19.0 Å². The quantitative estimate of drug-likeness (QED) is 0.237. The zero-order valence-electron chi connectivity index (χ0n) is 23.8. The third kappa shape index (κ3) is 6.12. The Balaban J connectivity index is 1.57. The topological polar surface area (TPSA) is 103 Å². The van der Waals surface area contributed by atoms with E-state index in [1.54, 1.807) is 34.9 Å². The molecule has 0 unspecified atom stereocenters. The van der Waals surface area contributed by atoms with Crippen LogP contribution >= 0.6 is 22.9 Å². The largest absolute Gasteiger partial charge is 0.490 e. The maximum atomic E-state index is 13.9. The lowest BCUT2D eigenvalue weighted by Gasteiger charge is -2.25. The highest BCUT2D eigenvalue weighted by molar-refractivity contribution is 7.07. The first kappa shape index (κ1) is 29.8. The number of ether oxygens (including phenoxy) is 3. The molecular formula is C33H28ClN3O5S. The number of benzene rings is 3. The van der Waals surface area contributed by atoms with Gasteiger partial charge in [-0.2, -0.15) is 5.26 Å². The van der Waals surface area contributed by atoms with Gasteiger partial charge in [0.1, 0.15) is 6.61 Å². The van der Waals surface area contributed by atoms with Gasteiger partial charge in [-0.05, 0) is 60.4 Å². The summed E-state index contributed by atoms with van der Waals surface area (Å²) in [4.78, 5) is 32.1. The number of rotatable bonds is 9. The Labute approximate surface area is 257 Å². The number of allylic oxidation sites excluding steroid dienone is 1. The SMILES string of the molecule is CCOc1cc(/C=c2/sc3n(c2=O)[C@@H](c2ccccc2)C(C(=O)OC)=C(CC)N=3)cc(Cl)c1OCc1ccc(C#N)cc1. The number of nitriles is 1. The summed E-state index contributed by atoms with van der Waals surface area (Å²) in [6.45, 7) is 4.38. The van der Waals surface area contributed by atoms with E-state index >= 15 is 0 Å². The maximum Gasteiger partial charge on any atom is 0.338 e. The van der Waals surface area contributed by atoms with E-state index < -0.39 is 12.0 Å². The summed E-state index contributed by atoms with van der Waals surface area (Å²) in [5, 5.41) is 9.35. The number of thiazole rings is 1. The van der Waals surface area contributed by atoms with Crippen LogP contribution in [0.15, 0.2) is 87.8 Å². The van der Waals surface area contributed by atoms with E-state index in [0.717, 1.165) is 11.1 Å². The van der Waals surface area contributed by atoms with Crippen LogP contribution in [0.1, 0.15) is 48.6 Å². The van der Waals surface area contributed by atoms with E-state index in [2.05, 4.69) is 6.07 Å². The number of methoxy groups -OCH3 is 1. The second-order valence-electron chi connectivity index (χ2n) is 9.56. The monoisotopic (exact) mass is 613 g/mol. The Morgan fingerprint density at radius 1 is 1.12 bits per heavy atom. The van der Waals surface area contributed by atoms with Crippen molar-refractivity contribution in [2.24, 2.45) is 4.99 Å². The van der Waals surface area contributed by atoms with E-state index in [4.69, 9.17) is 36.1 Å². The van der Waals surface area contributed by atoms with Crippen molar-refractivity contribution in [1.29, 1.82) is 5.26 Å². The van der Waals surface area contributed by atoms with Crippen molar-refractivity contribution in [3.05, 3.63) is 125 Å². The lowest BCUT2D eigenvalue weighted by Crippen LogP contribution is -2.40. The van der Waals surface area contributed by atoms with Crippen LogP contribution in [0.3, 0.4) is 0 Å². The van der Waals surface area contributed by atoms with Crippen molar-refractivity contribution in [1.82, 2.24) is 4.57 Å². The highest BCUT2D eigenvalue weighted by atomic mass is 35.5. The van der Waals surface area contributed by atoms with Crippen LogP contribution in [-0.2, 0) is 16.1 Å². The number of carbonyl (C=O) groups is 1. The van der Waals surface area contributed by atoms with E-state index in [1.807, 2.05) is 56.3 Å². The lowest BCUT2D eigenvalue weighted by molar-refractivity contribution is -0.136. The molecule has 1 aromatic heterocycles. The number of hydrogen-bond donors (Lipinski definition) is 0. The molecule has 0 fully saturated rings. The molecule has 8 nitrogen and oxygen atoms in total. The molecule has 0 saturated heterocycles. The van der Waals surface area contributed by atoms with Crippen LogP contribution in [-0.4, -0.2) is 24.3 Å². The van der Waals surface area contributed by atoms with Crippen molar-refractivity contribution in [2.45, 2.75) is 32.9 Å². The van der Waals surface area contributed by atoms with Gasteiger partial charge in [0.2, 0.25) is 0 Å². The fourth-order valence-electron chi connectivity index (χ4n) is 4.87. The number of halogens is 1. The van der Waals surface area contributed by atoms with Crippen molar-refractivity contribution >= 4 is 35.0 Å². The zero-order chi connectivity index (χ0) is 30.5. The Bertz CT molecular complexity index is 1920. The van der Waals surface area contributed by atoms with Gasteiger partial charge in [0.15, 0.2) is 16.3 Å². The molecule has 0 amide bonds. The van der Waals surface area contributed by atoms with E-state index in [-0.39, 0.29) is 12.2 Å². The molecule has 3 aromatic carbocycles. The standard InChI is InChI=1S/C33H28ClN3O5S/c1-4-25-28(32(39)40-3)29(23-9-7-6-8-10-23)37-31(38)27(43-33(37)36-25)17-22-15-24(34)30(26(16-22)41-5-2)42-19-21-13-11-20(18-35)12-14-21/h6-17,29H,4-5,19H2,1-3H3/b27-17+/t29-/m0/s1. The number of nitrogens with zero attached hydrogens (tertiary/aromatic N) is 3. The molecule has 5 rings (SSSR count). The van der Waals surface area contributed by atoms with Crippen LogP contribution < -0.4 is 24.4 Å². The first-order valence-electron chi connectivity index (χ1n) is 13.6. The summed E-state index contributed by atoms with van der Waals surface area (Å²) in [5.41, 5.74) is 3.50. The van der Waals surface area contributed by atoms with Gasteiger partial charge in [0, 0.05) is 0 Å². The van der Waals surface area contributed by atoms with E-state index in [9.17, 15) is 9.59 Å². The minimum atomic E-state index is -0.678. The summed E-state index contributed by atoms with van der Waals surface area (Å²) in [7, 11) is 1.33. The molecular weight excluding hydrogens is 586 g/mol. The molecule has 0 radical (unpaired) electrons. The smallest absolute Gasteiger partial charge is 0.338 e. The summed E-state index contributed by atoms with van der Waals surface area (Å²) in [6, 6.07) is 21.4. The van der Waals surface area contributed by atoms with E-state index in [0.29, 0.717) is 61.3 Å². The van der Waals surface area contributed by atoms with Crippen LogP contribution in [0.5, 0.6) is 11.5 Å². The molecule has 1 atom stereocenters. The number of fused-ring (bicyclic) bond motifs is 1. The first-order chi connectivity index (χ1) is 20.9. The molecule has 218 valence electrons. The van der Waals surface area contributed by atoms with Crippen LogP contribution in [0.25, 0.3) is 6.08 Å². The highest BCUT2D eigenvalue weighted by Gasteiger charge is 2.33. The normalized spacial score (nSPS) is 14.5. The summed E-state index contributed by atoms with van der Waals surface area (Å²) < 4.78 is 19.0. The second kappa shape index (κ2) is 13.1. The predicted octanol–water partition coefficient (Wildman–Crippen LogP) is 5.30. The Kier molecular flexibility index (Phi) is 9.10. The molecule has 4 aromatic rings. The third-order valence-electron chi connectivity index (χ3n) is 6.86. The molecule has 43 heavy (non-hydrogen) atoms. The number of carbonyl (C=O) groups excluding carboxylic acids is 1. The summed E-state index contributed by atoms with van der Waals surface area (Å²) in [5.74, 6) is 0.297. The maximum absolute atomic E-state index is 13.9. The molecule has 2 heterocycles. The van der Waals surface area contributed by atoms with Gasteiger partial charge in [-0.15, -0.1) is 0 Å². The fourth-order valence-corrected chi connectivity index (χ4v) is 6.17. The highest BCUT2D eigenvalue weighted by Crippen LogP contribution is 2.38. The Hall–Kier alpha value is -4.65. The molecule has 0 saturated carbocycles. The first-order valence-corrected chi connectivity index (χ1v) is 14.8. The van der Waals surface area contributed by atoms with Gasteiger partial charge in [-0.3, -0.25) is 9.36 Å². The van der Waals surface area contributed by atoms with E-state index in [1.165, 1.54) is 18.4 Å². The van der Waals surface area contributed by atoms with Crippen LogP contribution in [0.2, 0.25) is 5.02 Å². The summed E-state index contributed by atoms with van der Waals surface area (Å²) in [6.07, 6.45) is 2.23. The predicted molar refractivity (Wildman–Crippen MR) is 165 cm³/mol. The fraction of sp³-hybridized carbons (Fsp3) is 0.212. The second-order valence-corrected chi connectivity index (χ2v) is 11.0. The Morgan fingerprint density at radius 2 is 1.86 bits per heavy atom.